The van der Waals surface area contributed by atoms with Crippen molar-refractivity contribution in [3.63, 3.8) is 0 Å². The minimum atomic E-state index is 0.131. The molecule has 9 heteroatoms. The molecule has 0 spiro atoms. The highest BCUT2D eigenvalue weighted by atomic mass is 15.4. The molecule has 0 aromatic carbocycles. The fourth-order valence-corrected chi connectivity index (χ4v) is 5.70. The molecule has 0 amide bonds. The summed E-state index contributed by atoms with van der Waals surface area (Å²) in [6.45, 7) is 4.19. The number of hydrazine groups is 1. The minimum absolute atomic E-state index is 0.131. The van der Waals surface area contributed by atoms with E-state index in [9.17, 15) is 0 Å². The summed E-state index contributed by atoms with van der Waals surface area (Å²) >= 11 is 0. The summed E-state index contributed by atoms with van der Waals surface area (Å²) in [5.41, 5.74) is 18.1. The lowest BCUT2D eigenvalue weighted by atomic mass is 9.73. The van der Waals surface area contributed by atoms with Crippen LogP contribution in [-0.4, -0.2) is 64.1 Å². The van der Waals surface area contributed by atoms with Crippen LogP contribution in [0.1, 0.15) is 42.6 Å². The first kappa shape index (κ1) is 19.9. The number of nitrogen functional groups attached to an aromatic ring is 1. The number of hydrogen-bond donors (Lipinski definition) is 4. The van der Waals surface area contributed by atoms with Crippen LogP contribution in [0.4, 0.5) is 11.4 Å². The van der Waals surface area contributed by atoms with Gasteiger partial charge in [-0.2, -0.15) is 0 Å². The monoisotopic (exact) mass is 433 g/mol. The van der Waals surface area contributed by atoms with Gasteiger partial charge in [-0.15, -0.1) is 0 Å². The fourth-order valence-electron chi connectivity index (χ4n) is 5.70. The normalized spacial score (nSPS) is 28.8. The van der Waals surface area contributed by atoms with Crippen molar-refractivity contribution >= 4 is 22.5 Å². The number of nitrogens with one attached hydrogen (secondary N) is 3. The topological polar surface area (TPSA) is 111 Å². The number of nitrogens with zero attached hydrogens (tertiary/aromatic N) is 5. The van der Waals surface area contributed by atoms with Gasteiger partial charge in [0.05, 0.1) is 17.4 Å². The number of imidazole rings is 1. The van der Waals surface area contributed by atoms with Gasteiger partial charge in [0.25, 0.3) is 0 Å². The zero-order chi connectivity index (χ0) is 21.7. The number of aromatic amines is 1. The number of aromatic nitrogens is 4. The molecule has 3 aromatic rings. The minimum Gasteiger partial charge on any atom is -0.397 e. The van der Waals surface area contributed by atoms with E-state index in [1.54, 1.807) is 6.20 Å². The van der Waals surface area contributed by atoms with Gasteiger partial charge in [0.15, 0.2) is 5.65 Å². The van der Waals surface area contributed by atoms with Gasteiger partial charge in [0.2, 0.25) is 0 Å². The van der Waals surface area contributed by atoms with Crippen molar-refractivity contribution in [3.8, 4) is 0 Å². The Bertz CT molecular complexity index is 1100. The van der Waals surface area contributed by atoms with E-state index in [0.29, 0.717) is 17.9 Å². The number of piperazine rings is 1. The molecule has 5 heterocycles. The van der Waals surface area contributed by atoms with Crippen molar-refractivity contribution < 1.29 is 0 Å². The molecule has 0 radical (unpaired) electrons. The van der Waals surface area contributed by atoms with E-state index in [4.69, 9.17) is 10.7 Å². The number of nitrogens with two attached hydrogens (primary N) is 1. The SMILES string of the molecule is CN1CCN(c2ccnc3nc(C4NNC5CCC(c6cncc(N)c6)CC54)[nH]c23)CC1. The molecule has 1 aliphatic carbocycles. The summed E-state index contributed by atoms with van der Waals surface area (Å²) in [4.78, 5) is 22.3. The Morgan fingerprint density at radius 1 is 1.09 bits per heavy atom. The van der Waals surface area contributed by atoms with E-state index < -0.39 is 0 Å². The molecule has 3 fully saturated rings. The van der Waals surface area contributed by atoms with Crippen LogP contribution in [-0.2, 0) is 0 Å². The third-order valence-corrected chi connectivity index (χ3v) is 7.53. The molecule has 2 aliphatic heterocycles. The van der Waals surface area contributed by atoms with Gasteiger partial charge in [0, 0.05) is 50.8 Å². The number of rotatable bonds is 3. The van der Waals surface area contributed by atoms with Gasteiger partial charge in [-0.1, -0.05) is 0 Å². The summed E-state index contributed by atoms with van der Waals surface area (Å²) in [6.07, 6.45) is 8.92. The van der Waals surface area contributed by atoms with E-state index in [-0.39, 0.29) is 6.04 Å². The quantitative estimate of drug-likeness (QED) is 0.495. The van der Waals surface area contributed by atoms with Crippen molar-refractivity contribution in [2.75, 3.05) is 43.9 Å². The average Bonchev–Trinajstić information content (AvgIpc) is 3.43. The number of anilines is 2. The molecule has 4 unspecified atom stereocenters. The zero-order valence-corrected chi connectivity index (χ0v) is 18.5. The Morgan fingerprint density at radius 2 is 1.97 bits per heavy atom. The first-order chi connectivity index (χ1) is 15.7. The number of hydrogen-bond acceptors (Lipinski definition) is 8. The van der Waals surface area contributed by atoms with Gasteiger partial charge in [-0.05, 0) is 55.8 Å². The third-order valence-electron chi connectivity index (χ3n) is 7.53. The Labute approximate surface area is 187 Å². The summed E-state index contributed by atoms with van der Waals surface area (Å²) < 4.78 is 0. The lowest BCUT2D eigenvalue weighted by Gasteiger charge is -2.34. The van der Waals surface area contributed by atoms with E-state index in [0.717, 1.165) is 68.1 Å². The smallest absolute Gasteiger partial charge is 0.179 e. The van der Waals surface area contributed by atoms with Crippen molar-refractivity contribution in [2.45, 2.75) is 37.3 Å². The van der Waals surface area contributed by atoms with E-state index in [1.165, 1.54) is 11.3 Å². The number of pyridine rings is 2. The second-order valence-electron chi connectivity index (χ2n) is 9.54. The second kappa shape index (κ2) is 7.99. The lowest BCUT2D eigenvalue weighted by Crippen LogP contribution is -2.44. The number of likely N-dealkylation sites (N-methyl/N-ethyl adjacent to an activating group) is 1. The molecule has 2 saturated heterocycles. The van der Waals surface area contributed by atoms with Gasteiger partial charge in [-0.3, -0.25) is 10.4 Å². The molecule has 6 rings (SSSR count). The van der Waals surface area contributed by atoms with Crippen LogP contribution >= 0.6 is 0 Å². The summed E-state index contributed by atoms with van der Waals surface area (Å²) in [7, 11) is 2.18. The number of H-pyrrole nitrogens is 1. The van der Waals surface area contributed by atoms with Gasteiger partial charge >= 0.3 is 0 Å². The molecule has 3 aromatic heterocycles. The van der Waals surface area contributed by atoms with Crippen LogP contribution in [0.3, 0.4) is 0 Å². The van der Waals surface area contributed by atoms with Crippen LogP contribution in [0.5, 0.6) is 0 Å². The maximum absolute atomic E-state index is 6.00. The first-order valence-electron chi connectivity index (χ1n) is 11.7. The van der Waals surface area contributed by atoms with Gasteiger partial charge < -0.3 is 20.5 Å². The number of fused-ring (bicyclic) bond motifs is 2. The standard InChI is InChI=1S/C23H31N9/c1-31-6-8-32(9-7-31)19-4-5-26-22-21(19)27-23(28-22)20-17-11-14(2-3-18(17)29-30-20)15-10-16(24)13-25-12-15/h4-5,10,12-14,17-18,20,29-30H,2-3,6-9,11,24H2,1H3,(H,26,27,28). The Balaban J connectivity index is 1.27. The lowest BCUT2D eigenvalue weighted by molar-refractivity contribution is 0.274. The Morgan fingerprint density at radius 3 is 2.81 bits per heavy atom. The highest BCUT2D eigenvalue weighted by Crippen LogP contribution is 2.44. The molecule has 9 nitrogen and oxygen atoms in total. The van der Waals surface area contributed by atoms with Crippen LogP contribution in [0.2, 0.25) is 0 Å². The van der Waals surface area contributed by atoms with Crippen LogP contribution in [0, 0.1) is 5.92 Å². The van der Waals surface area contributed by atoms with Crippen molar-refractivity contribution in [3.05, 3.63) is 42.1 Å². The van der Waals surface area contributed by atoms with E-state index in [1.807, 2.05) is 12.4 Å². The molecule has 3 aliphatic rings. The molecule has 5 N–H and O–H groups in total. The summed E-state index contributed by atoms with van der Waals surface area (Å²) in [5, 5.41) is 0. The van der Waals surface area contributed by atoms with Crippen LogP contribution in [0.15, 0.2) is 30.7 Å². The first-order valence-corrected chi connectivity index (χ1v) is 11.7. The Kier molecular flexibility index (Phi) is 4.97. The van der Waals surface area contributed by atoms with Crippen molar-refractivity contribution in [2.24, 2.45) is 5.92 Å². The molecule has 168 valence electrons. The van der Waals surface area contributed by atoms with Crippen LogP contribution in [0.25, 0.3) is 11.2 Å². The fraction of sp³-hybridized carbons (Fsp3) is 0.522. The van der Waals surface area contributed by atoms with Crippen molar-refractivity contribution in [1.29, 1.82) is 0 Å². The molecule has 32 heavy (non-hydrogen) atoms. The van der Waals surface area contributed by atoms with Crippen molar-refractivity contribution in [1.82, 2.24) is 35.7 Å². The predicted octanol–water partition coefficient (Wildman–Crippen LogP) is 1.79. The maximum Gasteiger partial charge on any atom is 0.179 e. The summed E-state index contributed by atoms with van der Waals surface area (Å²) in [6, 6.07) is 4.77. The molecule has 0 bridgehead atoms. The zero-order valence-electron chi connectivity index (χ0n) is 18.5. The average molecular weight is 434 g/mol. The Hall–Kier alpha value is -2.75. The molecular weight excluding hydrogens is 402 g/mol. The van der Waals surface area contributed by atoms with Crippen LogP contribution < -0.4 is 21.5 Å². The third kappa shape index (κ3) is 3.50. The van der Waals surface area contributed by atoms with E-state index in [2.05, 4.69) is 54.8 Å². The summed E-state index contributed by atoms with van der Waals surface area (Å²) in [5.74, 6) is 1.89. The predicted molar refractivity (Wildman–Crippen MR) is 125 cm³/mol. The highest BCUT2D eigenvalue weighted by Gasteiger charge is 2.42. The van der Waals surface area contributed by atoms with Gasteiger partial charge in [0.1, 0.15) is 11.3 Å². The molecule has 1 saturated carbocycles. The second-order valence-corrected chi connectivity index (χ2v) is 9.54. The molecule has 4 atom stereocenters. The van der Waals surface area contributed by atoms with Gasteiger partial charge in [-0.25, -0.2) is 15.4 Å². The molecular formula is C23H31N9. The van der Waals surface area contributed by atoms with E-state index >= 15 is 0 Å². The highest BCUT2D eigenvalue weighted by molar-refractivity contribution is 5.86. The maximum atomic E-state index is 6.00. The largest absolute Gasteiger partial charge is 0.397 e.